The van der Waals surface area contributed by atoms with Gasteiger partial charge in [0.05, 0.1) is 43.5 Å². The number of rotatable bonds is 3. The van der Waals surface area contributed by atoms with E-state index in [9.17, 15) is 4.79 Å². The minimum Gasteiger partial charge on any atom is -0.477 e. The number of nitrogens with zero attached hydrogens (tertiary/aromatic N) is 5. The van der Waals surface area contributed by atoms with Crippen LogP contribution in [0.25, 0.3) is 0 Å². The largest absolute Gasteiger partial charge is 0.477 e. The van der Waals surface area contributed by atoms with Crippen LogP contribution in [0.1, 0.15) is 47.2 Å². The van der Waals surface area contributed by atoms with Crippen LogP contribution in [0.4, 0.5) is 0 Å². The van der Waals surface area contributed by atoms with E-state index in [0.29, 0.717) is 31.3 Å². The van der Waals surface area contributed by atoms with E-state index < -0.39 is 0 Å². The van der Waals surface area contributed by atoms with Crippen molar-refractivity contribution < 1.29 is 9.53 Å². The highest BCUT2D eigenvalue weighted by Gasteiger charge is 2.28. The Hall–Kier alpha value is -2.44. The molecule has 1 aliphatic heterocycles. The quantitative estimate of drug-likeness (QED) is 0.856. The zero-order valence-electron chi connectivity index (χ0n) is 13.9. The smallest absolute Gasteiger partial charge is 0.274 e. The predicted molar refractivity (Wildman–Crippen MR) is 86.8 cm³/mol. The number of carbonyl (C=O) groups is 1. The Morgan fingerprint density at radius 3 is 2.88 bits per heavy atom. The second-order valence-electron chi connectivity index (χ2n) is 6.20. The highest BCUT2D eigenvalue weighted by Crippen LogP contribution is 2.27. The molecule has 0 unspecified atom stereocenters. The van der Waals surface area contributed by atoms with Crippen molar-refractivity contribution in [1.29, 1.82) is 0 Å². The molecule has 4 rings (SSSR count). The van der Waals surface area contributed by atoms with Gasteiger partial charge in [-0.05, 0) is 38.2 Å². The molecule has 126 valence electrons. The first kappa shape index (κ1) is 15.1. The Kier molecular flexibility index (Phi) is 3.92. The summed E-state index contributed by atoms with van der Waals surface area (Å²) in [7, 11) is 0. The maximum Gasteiger partial charge on any atom is 0.274 e. The van der Waals surface area contributed by atoms with Crippen molar-refractivity contribution >= 4 is 5.91 Å². The molecule has 2 aliphatic rings. The zero-order valence-corrected chi connectivity index (χ0v) is 13.9. The van der Waals surface area contributed by atoms with Gasteiger partial charge in [-0.2, -0.15) is 5.10 Å². The first-order valence-corrected chi connectivity index (χ1v) is 8.58. The number of carbonyl (C=O) groups excluding carboxylic acids is 1. The Morgan fingerprint density at radius 1 is 1.21 bits per heavy atom. The lowest BCUT2D eigenvalue weighted by atomic mass is 9.95. The summed E-state index contributed by atoms with van der Waals surface area (Å²) in [5, 5.41) is 4.72. The number of ether oxygens (including phenoxy) is 1. The van der Waals surface area contributed by atoms with Crippen LogP contribution in [-0.4, -0.2) is 43.7 Å². The van der Waals surface area contributed by atoms with E-state index >= 15 is 0 Å². The van der Waals surface area contributed by atoms with Crippen LogP contribution in [-0.2, 0) is 25.9 Å². The molecule has 0 atom stereocenters. The zero-order chi connectivity index (χ0) is 16.5. The molecule has 0 fully saturated rings. The fraction of sp³-hybridized carbons (Fsp3) is 0.529. The van der Waals surface area contributed by atoms with Crippen LogP contribution in [0.3, 0.4) is 0 Å². The molecule has 1 aliphatic carbocycles. The van der Waals surface area contributed by atoms with Crippen LogP contribution in [0.5, 0.6) is 5.88 Å². The Balaban J connectivity index is 1.53. The molecule has 3 heterocycles. The highest BCUT2D eigenvalue weighted by molar-refractivity contribution is 5.92. The number of hydrogen-bond donors (Lipinski definition) is 0. The molecule has 2 aromatic rings. The van der Waals surface area contributed by atoms with E-state index in [1.807, 2.05) is 11.8 Å². The van der Waals surface area contributed by atoms with Crippen molar-refractivity contribution in [2.75, 3.05) is 13.2 Å². The molecule has 0 saturated carbocycles. The molecule has 2 aromatic heterocycles. The number of aromatic nitrogens is 4. The van der Waals surface area contributed by atoms with E-state index in [1.165, 1.54) is 42.2 Å². The van der Waals surface area contributed by atoms with Crippen LogP contribution >= 0.6 is 0 Å². The van der Waals surface area contributed by atoms with Crippen molar-refractivity contribution in [1.82, 2.24) is 24.6 Å². The lowest BCUT2D eigenvalue weighted by Gasteiger charge is -2.28. The van der Waals surface area contributed by atoms with Crippen molar-refractivity contribution in [2.24, 2.45) is 0 Å². The van der Waals surface area contributed by atoms with Crippen LogP contribution in [0.15, 0.2) is 12.4 Å². The van der Waals surface area contributed by atoms with Crippen LogP contribution in [0.2, 0.25) is 0 Å². The third-order valence-electron chi connectivity index (χ3n) is 4.69. The topological polar surface area (TPSA) is 73.1 Å². The molecular formula is C17H21N5O2. The van der Waals surface area contributed by atoms with Crippen molar-refractivity contribution in [3.05, 3.63) is 35.0 Å². The third kappa shape index (κ3) is 2.64. The predicted octanol–water partition coefficient (Wildman–Crippen LogP) is 1.61. The van der Waals surface area contributed by atoms with Gasteiger partial charge in [0, 0.05) is 6.54 Å². The molecule has 0 saturated heterocycles. The minimum absolute atomic E-state index is 0.0810. The number of amides is 1. The lowest BCUT2D eigenvalue weighted by molar-refractivity contribution is 0.0699. The van der Waals surface area contributed by atoms with E-state index in [2.05, 4.69) is 14.6 Å². The molecular weight excluding hydrogens is 306 g/mol. The third-order valence-corrected chi connectivity index (χ3v) is 4.69. The van der Waals surface area contributed by atoms with Crippen molar-refractivity contribution in [3.63, 3.8) is 0 Å². The van der Waals surface area contributed by atoms with Gasteiger partial charge in [-0.25, -0.2) is 9.97 Å². The monoisotopic (exact) mass is 327 g/mol. The Morgan fingerprint density at radius 2 is 2.08 bits per heavy atom. The second-order valence-corrected chi connectivity index (χ2v) is 6.20. The van der Waals surface area contributed by atoms with E-state index in [4.69, 9.17) is 9.84 Å². The second kappa shape index (κ2) is 6.22. The van der Waals surface area contributed by atoms with Gasteiger partial charge in [-0.1, -0.05) is 0 Å². The van der Waals surface area contributed by atoms with Gasteiger partial charge in [0.2, 0.25) is 5.88 Å². The van der Waals surface area contributed by atoms with Gasteiger partial charge in [0.1, 0.15) is 5.69 Å². The van der Waals surface area contributed by atoms with Gasteiger partial charge in [-0.15, -0.1) is 0 Å². The lowest BCUT2D eigenvalue weighted by Crippen LogP contribution is -2.39. The van der Waals surface area contributed by atoms with Gasteiger partial charge in [0.25, 0.3) is 5.91 Å². The normalized spacial score (nSPS) is 16.5. The van der Waals surface area contributed by atoms with Gasteiger partial charge in [0.15, 0.2) is 0 Å². The summed E-state index contributed by atoms with van der Waals surface area (Å²) in [5.74, 6) is 0.363. The Labute approximate surface area is 140 Å². The maximum absolute atomic E-state index is 12.7. The maximum atomic E-state index is 12.7. The van der Waals surface area contributed by atoms with Crippen molar-refractivity contribution in [3.8, 4) is 5.88 Å². The molecule has 24 heavy (non-hydrogen) atoms. The van der Waals surface area contributed by atoms with E-state index in [1.54, 1.807) is 0 Å². The van der Waals surface area contributed by atoms with Crippen LogP contribution in [0, 0.1) is 0 Å². The molecule has 0 spiro atoms. The highest BCUT2D eigenvalue weighted by atomic mass is 16.5. The SMILES string of the molecule is CCOc1cnc(C(=O)N2CCn3nc4c(c3C2)CCCC4)cn1. The molecule has 0 aromatic carbocycles. The van der Waals surface area contributed by atoms with Gasteiger partial charge < -0.3 is 9.64 Å². The summed E-state index contributed by atoms with van der Waals surface area (Å²) >= 11 is 0. The summed E-state index contributed by atoms with van der Waals surface area (Å²) in [5.41, 5.74) is 4.14. The number of aryl methyl sites for hydroxylation is 1. The van der Waals surface area contributed by atoms with Gasteiger partial charge >= 0.3 is 0 Å². The van der Waals surface area contributed by atoms with E-state index in [-0.39, 0.29) is 5.91 Å². The summed E-state index contributed by atoms with van der Waals surface area (Å²) < 4.78 is 7.36. The average Bonchev–Trinajstić information content (AvgIpc) is 3.00. The van der Waals surface area contributed by atoms with Crippen LogP contribution < -0.4 is 4.74 Å². The standard InChI is InChI=1S/C17H21N5O2/c1-2-24-16-10-18-14(9-19-16)17(23)21-7-8-22-15(11-21)12-5-3-4-6-13(12)20-22/h9-10H,2-8,11H2,1H3. The summed E-state index contributed by atoms with van der Waals surface area (Å²) in [6.45, 7) is 4.43. The first-order valence-electron chi connectivity index (χ1n) is 8.58. The van der Waals surface area contributed by atoms with Gasteiger partial charge in [-0.3, -0.25) is 9.48 Å². The molecule has 7 nitrogen and oxygen atoms in total. The molecule has 0 radical (unpaired) electrons. The Bertz CT molecular complexity index is 753. The van der Waals surface area contributed by atoms with E-state index in [0.717, 1.165) is 19.4 Å². The molecule has 7 heteroatoms. The summed E-state index contributed by atoms with van der Waals surface area (Å²) in [6.07, 6.45) is 7.57. The van der Waals surface area contributed by atoms with Crippen molar-refractivity contribution in [2.45, 2.75) is 45.7 Å². The first-order chi connectivity index (χ1) is 11.8. The fourth-order valence-electron chi connectivity index (χ4n) is 3.49. The molecule has 1 amide bonds. The fourth-order valence-corrected chi connectivity index (χ4v) is 3.49. The minimum atomic E-state index is -0.0810. The molecule has 0 bridgehead atoms. The molecule has 0 N–H and O–H groups in total. The number of fused-ring (bicyclic) bond motifs is 3. The summed E-state index contributed by atoms with van der Waals surface area (Å²) in [4.78, 5) is 22.9. The number of hydrogen-bond acceptors (Lipinski definition) is 5. The summed E-state index contributed by atoms with van der Waals surface area (Å²) in [6, 6.07) is 0. The average molecular weight is 327 g/mol.